The van der Waals surface area contributed by atoms with E-state index in [1.807, 2.05) is 23.7 Å². The van der Waals surface area contributed by atoms with Crippen LogP contribution in [-0.4, -0.2) is 24.7 Å². The van der Waals surface area contributed by atoms with Gasteiger partial charge in [0, 0.05) is 39.0 Å². The Bertz CT molecular complexity index is 1300. The van der Waals surface area contributed by atoms with Crippen molar-refractivity contribution in [3.8, 4) is 16.9 Å². The van der Waals surface area contributed by atoms with Crippen LogP contribution in [0.4, 0.5) is 0 Å². The molecule has 6 nitrogen and oxygen atoms in total. The lowest BCUT2D eigenvalue weighted by Gasteiger charge is -2.05. The molecular weight excluding hydrogens is 324 g/mol. The number of nitrogens with zero attached hydrogens (tertiary/aromatic N) is 3. The number of thiophene rings is 1. The Morgan fingerprint density at radius 2 is 2.12 bits per heavy atom. The van der Waals surface area contributed by atoms with E-state index in [0.717, 1.165) is 27.5 Å². The molecule has 0 aliphatic carbocycles. The van der Waals surface area contributed by atoms with Crippen molar-refractivity contribution in [3.63, 3.8) is 0 Å². The lowest BCUT2D eigenvalue weighted by Crippen LogP contribution is -2.04. The molecule has 4 heterocycles. The SMILES string of the molecule is O=c1[nH]c2ccc(O)cc2c2c(-c3ccc4ncnn4c3)csc12. The molecule has 0 aliphatic heterocycles. The maximum atomic E-state index is 12.4. The van der Waals surface area contributed by atoms with Gasteiger partial charge in [-0.2, -0.15) is 5.10 Å². The first-order chi connectivity index (χ1) is 11.7. The summed E-state index contributed by atoms with van der Waals surface area (Å²) >= 11 is 1.39. The molecular formula is C17H10N4O2S. The number of aromatic amines is 1. The first-order valence-corrected chi connectivity index (χ1v) is 8.15. The van der Waals surface area contributed by atoms with Gasteiger partial charge in [0.2, 0.25) is 0 Å². The monoisotopic (exact) mass is 334 g/mol. The van der Waals surface area contributed by atoms with Crippen LogP contribution in [0.3, 0.4) is 0 Å². The number of hydrogen-bond acceptors (Lipinski definition) is 5. The molecule has 7 heteroatoms. The topological polar surface area (TPSA) is 83.3 Å². The van der Waals surface area contributed by atoms with Crippen LogP contribution in [0, 0.1) is 0 Å². The van der Waals surface area contributed by atoms with Crippen molar-refractivity contribution >= 4 is 38.0 Å². The predicted octanol–water partition coefficient (Wildman–Crippen LogP) is 3.16. The number of hydrogen-bond donors (Lipinski definition) is 2. The number of pyridine rings is 2. The first-order valence-electron chi connectivity index (χ1n) is 7.27. The summed E-state index contributed by atoms with van der Waals surface area (Å²) < 4.78 is 2.34. The molecule has 0 spiro atoms. The van der Waals surface area contributed by atoms with Gasteiger partial charge in [-0.3, -0.25) is 4.79 Å². The average molecular weight is 334 g/mol. The number of fused-ring (bicyclic) bond motifs is 4. The second-order valence-corrected chi connectivity index (χ2v) is 6.40. The van der Waals surface area contributed by atoms with Crippen molar-refractivity contribution in [2.45, 2.75) is 0 Å². The highest BCUT2D eigenvalue weighted by Gasteiger charge is 2.14. The number of aromatic nitrogens is 4. The minimum atomic E-state index is -0.124. The van der Waals surface area contributed by atoms with Gasteiger partial charge in [-0.05, 0) is 30.3 Å². The highest BCUT2D eigenvalue weighted by atomic mass is 32.1. The maximum Gasteiger partial charge on any atom is 0.266 e. The summed E-state index contributed by atoms with van der Waals surface area (Å²) in [6, 6.07) is 8.81. The number of nitrogens with one attached hydrogen (secondary N) is 1. The summed E-state index contributed by atoms with van der Waals surface area (Å²) in [4.78, 5) is 19.4. The third-order valence-electron chi connectivity index (χ3n) is 4.10. The second-order valence-electron chi connectivity index (χ2n) is 5.52. The van der Waals surface area contributed by atoms with Gasteiger partial charge in [0.05, 0.1) is 0 Å². The molecule has 116 valence electrons. The summed E-state index contributed by atoms with van der Waals surface area (Å²) in [6.07, 6.45) is 3.39. The summed E-state index contributed by atoms with van der Waals surface area (Å²) in [5.74, 6) is 0.166. The van der Waals surface area contributed by atoms with Crippen LogP contribution >= 0.6 is 11.3 Å². The molecule has 0 aliphatic rings. The van der Waals surface area contributed by atoms with Crippen molar-refractivity contribution in [2.75, 3.05) is 0 Å². The number of benzene rings is 1. The van der Waals surface area contributed by atoms with E-state index < -0.39 is 0 Å². The third-order valence-corrected chi connectivity index (χ3v) is 5.08. The number of phenolic OH excluding ortho intramolecular Hbond substituents is 1. The van der Waals surface area contributed by atoms with Crippen molar-refractivity contribution in [3.05, 3.63) is 58.6 Å². The lowest BCUT2D eigenvalue weighted by molar-refractivity contribution is 0.476. The fourth-order valence-corrected chi connectivity index (χ4v) is 3.99. The molecule has 0 amide bonds. The zero-order valence-electron chi connectivity index (χ0n) is 12.2. The molecule has 4 aromatic heterocycles. The summed E-state index contributed by atoms with van der Waals surface area (Å²) in [5.41, 5.74) is 3.22. The van der Waals surface area contributed by atoms with Crippen LogP contribution in [0.15, 0.2) is 53.0 Å². The van der Waals surface area contributed by atoms with Crippen molar-refractivity contribution in [1.82, 2.24) is 19.6 Å². The van der Waals surface area contributed by atoms with Gasteiger partial charge in [0.25, 0.3) is 5.56 Å². The van der Waals surface area contributed by atoms with E-state index in [4.69, 9.17) is 0 Å². The van der Waals surface area contributed by atoms with Gasteiger partial charge in [0.15, 0.2) is 5.65 Å². The number of phenols is 1. The van der Waals surface area contributed by atoms with E-state index in [9.17, 15) is 9.90 Å². The summed E-state index contributed by atoms with van der Waals surface area (Å²) in [7, 11) is 0. The molecule has 24 heavy (non-hydrogen) atoms. The molecule has 0 unspecified atom stereocenters. The zero-order chi connectivity index (χ0) is 16.3. The van der Waals surface area contributed by atoms with Crippen LogP contribution in [0.5, 0.6) is 5.75 Å². The van der Waals surface area contributed by atoms with Crippen LogP contribution in [-0.2, 0) is 0 Å². The first kappa shape index (κ1) is 13.3. The smallest absolute Gasteiger partial charge is 0.266 e. The average Bonchev–Trinajstić information content (AvgIpc) is 3.21. The molecule has 5 aromatic rings. The molecule has 0 radical (unpaired) electrons. The summed E-state index contributed by atoms with van der Waals surface area (Å²) in [5, 5.41) is 17.6. The number of aromatic hydroxyl groups is 1. The Balaban J connectivity index is 1.93. The molecule has 0 saturated heterocycles. The molecule has 0 saturated carbocycles. The highest BCUT2D eigenvalue weighted by Crippen LogP contribution is 2.37. The quantitative estimate of drug-likeness (QED) is 0.493. The fraction of sp³-hybridized carbons (Fsp3) is 0. The summed E-state index contributed by atoms with van der Waals surface area (Å²) in [6.45, 7) is 0. The van der Waals surface area contributed by atoms with Crippen molar-refractivity contribution in [1.29, 1.82) is 0 Å². The largest absolute Gasteiger partial charge is 0.508 e. The van der Waals surface area contributed by atoms with Crippen LogP contribution < -0.4 is 5.56 Å². The van der Waals surface area contributed by atoms with Crippen molar-refractivity contribution < 1.29 is 5.11 Å². The molecule has 1 aromatic carbocycles. The minimum absolute atomic E-state index is 0.124. The van der Waals surface area contributed by atoms with E-state index in [2.05, 4.69) is 15.1 Å². The Labute approximate surface area is 138 Å². The van der Waals surface area contributed by atoms with E-state index in [1.165, 1.54) is 17.7 Å². The van der Waals surface area contributed by atoms with E-state index in [1.54, 1.807) is 22.7 Å². The van der Waals surface area contributed by atoms with Crippen molar-refractivity contribution in [2.24, 2.45) is 0 Å². The van der Waals surface area contributed by atoms with Gasteiger partial charge in [-0.1, -0.05) is 0 Å². The van der Waals surface area contributed by atoms with Crippen LogP contribution in [0.1, 0.15) is 0 Å². The Hall–Kier alpha value is -3.19. The zero-order valence-corrected chi connectivity index (χ0v) is 13.0. The van der Waals surface area contributed by atoms with Gasteiger partial charge in [-0.15, -0.1) is 11.3 Å². The third kappa shape index (κ3) is 1.79. The molecule has 0 bridgehead atoms. The molecule has 5 rings (SSSR count). The van der Waals surface area contributed by atoms with E-state index in [-0.39, 0.29) is 11.3 Å². The van der Waals surface area contributed by atoms with Crippen LogP contribution in [0.2, 0.25) is 0 Å². The lowest BCUT2D eigenvalue weighted by atomic mass is 10.0. The fourth-order valence-electron chi connectivity index (χ4n) is 3.01. The van der Waals surface area contributed by atoms with E-state index >= 15 is 0 Å². The Morgan fingerprint density at radius 1 is 1.21 bits per heavy atom. The maximum absolute atomic E-state index is 12.4. The number of H-pyrrole nitrogens is 1. The Kier molecular flexibility index (Phi) is 2.57. The Morgan fingerprint density at radius 3 is 3.04 bits per heavy atom. The predicted molar refractivity (Wildman–Crippen MR) is 93.6 cm³/mol. The molecule has 0 fully saturated rings. The van der Waals surface area contributed by atoms with Gasteiger partial charge >= 0.3 is 0 Å². The van der Waals surface area contributed by atoms with Crippen LogP contribution in [0.25, 0.3) is 37.8 Å². The second kappa shape index (κ2) is 4.65. The van der Waals surface area contributed by atoms with Gasteiger partial charge in [-0.25, -0.2) is 9.50 Å². The van der Waals surface area contributed by atoms with Gasteiger partial charge in [0.1, 0.15) is 16.8 Å². The van der Waals surface area contributed by atoms with E-state index in [0.29, 0.717) is 10.2 Å². The number of rotatable bonds is 1. The normalized spacial score (nSPS) is 11.7. The highest BCUT2D eigenvalue weighted by molar-refractivity contribution is 7.17. The molecule has 2 N–H and O–H groups in total. The molecule has 0 atom stereocenters. The minimum Gasteiger partial charge on any atom is -0.508 e. The van der Waals surface area contributed by atoms with Gasteiger partial charge < -0.3 is 10.1 Å². The standard InChI is InChI=1S/C17H10N4O2S/c22-10-2-3-13-11(5-10)15-12(7-24-16(15)17(23)20-13)9-1-4-14-18-8-19-21(14)6-9/h1-8,22H,(H,20,23).